The average Bonchev–Trinajstić information content (AvgIpc) is 2.45. The molecular formula is C15H10F7NO. The van der Waals surface area contributed by atoms with Crippen LogP contribution in [0.2, 0.25) is 0 Å². The topological polar surface area (TPSA) is 35.2 Å². The van der Waals surface area contributed by atoms with Crippen LogP contribution in [-0.2, 0) is 6.18 Å². The number of hydrogen-bond acceptors (Lipinski definition) is 2. The van der Waals surface area contributed by atoms with E-state index in [9.17, 15) is 30.7 Å². The minimum absolute atomic E-state index is 0.0341. The van der Waals surface area contributed by atoms with Crippen molar-refractivity contribution in [3.05, 3.63) is 65.0 Å². The summed E-state index contributed by atoms with van der Waals surface area (Å²) in [7, 11) is 0. The highest BCUT2D eigenvalue weighted by Crippen LogP contribution is 2.34. The summed E-state index contributed by atoms with van der Waals surface area (Å²) in [5.74, 6) is -1.93. The van der Waals surface area contributed by atoms with Crippen molar-refractivity contribution in [1.29, 1.82) is 0 Å². The molecular weight excluding hydrogens is 343 g/mol. The third-order valence-corrected chi connectivity index (χ3v) is 3.13. The molecule has 2 aromatic rings. The quantitative estimate of drug-likeness (QED) is 0.805. The number of halogens is 7. The van der Waals surface area contributed by atoms with Gasteiger partial charge in [-0.1, -0.05) is 18.2 Å². The molecule has 2 nitrogen and oxygen atoms in total. The second-order valence-corrected chi connectivity index (χ2v) is 4.83. The van der Waals surface area contributed by atoms with Gasteiger partial charge in [-0.2, -0.15) is 13.2 Å². The van der Waals surface area contributed by atoms with Gasteiger partial charge in [0.05, 0.1) is 11.6 Å². The number of rotatable bonds is 3. The lowest BCUT2D eigenvalue weighted by Crippen LogP contribution is -2.17. The number of benzene rings is 2. The van der Waals surface area contributed by atoms with Gasteiger partial charge in [0.2, 0.25) is 0 Å². The van der Waals surface area contributed by atoms with Crippen LogP contribution < -0.4 is 10.5 Å². The smallest absolute Gasteiger partial charge is 0.406 e. The van der Waals surface area contributed by atoms with E-state index in [1.807, 2.05) is 0 Å². The summed E-state index contributed by atoms with van der Waals surface area (Å²) < 4.78 is 91.3. The Labute approximate surface area is 131 Å². The third kappa shape index (κ3) is 4.38. The zero-order chi connectivity index (χ0) is 18.1. The summed E-state index contributed by atoms with van der Waals surface area (Å²) in [6, 6.07) is 5.54. The van der Waals surface area contributed by atoms with Gasteiger partial charge in [-0.3, -0.25) is 0 Å². The molecule has 9 heteroatoms. The Kier molecular flexibility index (Phi) is 4.75. The van der Waals surface area contributed by atoms with Gasteiger partial charge in [0.25, 0.3) is 0 Å². The molecule has 0 fully saturated rings. The van der Waals surface area contributed by atoms with Gasteiger partial charge in [-0.25, -0.2) is 4.39 Å². The van der Waals surface area contributed by atoms with Crippen molar-refractivity contribution in [2.45, 2.75) is 18.6 Å². The molecule has 0 amide bonds. The Hall–Kier alpha value is -2.29. The Balaban J connectivity index is 2.27. The van der Waals surface area contributed by atoms with Crippen molar-refractivity contribution in [3.63, 3.8) is 0 Å². The van der Waals surface area contributed by atoms with Crippen LogP contribution in [0.4, 0.5) is 30.7 Å². The number of hydrogen-bond donors (Lipinski definition) is 1. The SMILES string of the molecule is N[C@@H](c1ccc(OC(F)(F)F)cc1)c1ccc(F)c(C(F)(F)F)c1. The molecule has 130 valence electrons. The number of ether oxygens (including phenoxy) is 1. The van der Waals surface area contributed by atoms with Gasteiger partial charge >= 0.3 is 12.5 Å². The Morgan fingerprint density at radius 2 is 1.38 bits per heavy atom. The van der Waals surface area contributed by atoms with Gasteiger partial charge in [0.15, 0.2) is 0 Å². The lowest BCUT2D eigenvalue weighted by molar-refractivity contribution is -0.274. The Bertz CT molecular complexity index is 707. The lowest BCUT2D eigenvalue weighted by Gasteiger charge is -2.16. The second-order valence-electron chi connectivity index (χ2n) is 4.83. The Morgan fingerprint density at radius 1 is 0.833 bits per heavy atom. The number of nitrogens with two attached hydrogens (primary N) is 1. The molecule has 24 heavy (non-hydrogen) atoms. The molecule has 0 bridgehead atoms. The molecule has 0 aliphatic rings. The van der Waals surface area contributed by atoms with Gasteiger partial charge in [-0.05, 0) is 35.4 Å². The van der Waals surface area contributed by atoms with Crippen molar-refractivity contribution >= 4 is 0 Å². The molecule has 0 aromatic heterocycles. The summed E-state index contributed by atoms with van der Waals surface area (Å²) in [5, 5.41) is 0. The predicted molar refractivity (Wildman–Crippen MR) is 70.6 cm³/mol. The normalized spacial score (nSPS) is 13.7. The number of alkyl halides is 6. The summed E-state index contributed by atoms with van der Waals surface area (Å²) in [4.78, 5) is 0. The lowest BCUT2D eigenvalue weighted by atomic mass is 9.97. The highest BCUT2D eigenvalue weighted by Gasteiger charge is 2.34. The fourth-order valence-electron chi connectivity index (χ4n) is 2.02. The van der Waals surface area contributed by atoms with Crippen LogP contribution in [0.25, 0.3) is 0 Å². The van der Waals surface area contributed by atoms with Gasteiger partial charge in [0.1, 0.15) is 11.6 Å². The first-order chi connectivity index (χ1) is 11.0. The van der Waals surface area contributed by atoms with Crippen molar-refractivity contribution in [1.82, 2.24) is 0 Å². The highest BCUT2D eigenvalue weighted by molar-refractivity contribution is 5.37. The predicted octanol–water partition coefficient (Wildman–Crippen LogP) is 4.79. The minimum atomic E-state index is -4.88. The van der Waals surface area contributed by atoms with Crippen LogP contribution in [0, 0.1) is 5.82 Å². The van der Waals surface area contributed by atoms with Gasteiger partial charge in [0, 0.05) is 0 Å². The molecule has 2 rings (SSSR count). The van der Waals surface area contributed by atoms with Crippen LogP contribution in [-0.4, -0.2) is 6.36 Å². The molecule has 0 aliphatic heterocycles. The van der Waals surface area contributed by atoms with Crippen LogP contribution in [0.3, 0.4) is 0 Å². The molecule has 0 aliphatic carbocycles. The van der Waals surface area contributed by atoms with E-state index in [0.29, 0.717) is 12.1 Å². The van der Waals surface area contributed by atoms with Crippen LogP contribution in [0.5, 0.6) is 5.75 Å². The molecule has 2 N–H and O–H groups in total. The monoisotopic (exact) mass is 353 g/mol. The van der Waals surface area contributed by atoms with Crippen LogP contribution in [0.15, 0.2) is 42.5 Å². The van der Waals surface area contributed by atoms with Crippen molar-refractivity contribution in [2.24, 2.45) is 5.73 Å². The van der Waals surface area contributed by atoms with E-state index < -0.39 is 35.7 Å². The minimum Gasteiger partial charge on any atom is -0.406 e. The van der Waals surface area contributed by atoms with Gasteiger partial charge in [-0.15, -0.1) is 13.2 Å². The van der Waals surface area contributed by atoms with Crippen molar-refractivity contribution < 1.29 is 35.5 Å². The van der Waals surface area contributed by atoms with Gasteiger partial charge < -0.3 is 10.5 Å². The first-order valence-electron chi connectivity index (χ1n) is 6.45. The third-order valence-electron chi connectivity index (χ3n) is 3.13. The van der Waals surface area contributed by atoms with Crippen LogP contribution >= 0.6 is 0 Å². The van der Waals surface area contributed by atoms with Crippen molar-refractivity contribution in [3.8, 4) is 5.75 Å². The summed E-state index contributed by atoms with van der Waals surface area (Å²) in [6.07, 6.45) is -9.74. The van der Waals surface area contributed by atoms with E-state index >= 15 is 0 Å². The fourth-order valence-corrected chi connectivity index (χ4v) is 2.02. The highest BCUT2D eigenvalue weighted by atomic mass is 19.4. The molecule has 2 aromatic carbocycles. The van der Waals surface area contributed by atoms with E-state index in [2.05, 4.69) is 4.74 Å². The first-order valence-corrected chi connectivity index (χ1v) is 6.45. The molecule has 1 atom stereocenters. The summed E-state index contributed by atoms with van der Waals surface area (Å²) >= 11 is 0. The molecule has 0 saturated heterocycles. The molecule has 0 radical (unpaired) electrons. The zero-order valence-corrected chi connectivity index (χ0v) is 11.8. The van der Waals surface area contributed by atoms with E-state index in [1.165, 1.54) is 12.1 Å². The average molecular weight is 353 g/mol. The maximum absolute atomic E-state index is 13.3. The van der Waals surface area contributed by atoms with E-state index in [-0.39, 0.29) is 11.1 Å². The molecule has 0 heterocycles. The van der Waals surface area contributed by atoms with E-state index in [4.69, 9.17) is 5.73 Å². The maximum atomic E-state index is 13.3. The summed E-state index contributed by atoms with van der Waals surface area (Å²) in [5.41, 5.74) is 4.54. The molecule has 0 saturated carbocycles. The van der Waals surface area contributed by atoms with Crippen molar-refractivity contribution in [2.75, 3.05) is 0 Å². The van der Waals surface area contributed by atoms with E-state index in [0.717, 1.165) is 18.2 Å². The second kappa shape index (κ2) is 6.31. The standard InChI is InChI=1S/C15H10F7NO/c16-12-6-3-9(7-11(12)14(17,18)19)13(23)8-1-4-10(5-2-8)24-15(20,21)22/h1-7,13H,23H2/t13-/m0/s1. The molecule has 0 spiro atoms. The zero-order valence-electron chi connectivity index (χ0n) is 11.8. The first kappa shape index (κ1) is 18.1. The van der Waals surface area contributed by atoms with Crippen LogP contribution in [0.1, 0.15) is 22.7 Å². The maximum Gasteiger partial charge on any atom is 0.573 e. The molecule has 0 unspecified atom stereocenters. The Morgan fingerprint density at radius 3 is 1.88 bits per heavy atom. The fraction of sp³-hybridized carbons (Fsp3) is 0.200. The van der Waals surface area contributed by atoms with E-state index in [1.54, 1.807) is 0 Å². The summed E-state index contributed by atoms with van der Waals surface area (Å²) in [6.45, 7) is 0. The largest absolute Gasteiger partial charge is 0.573 e.